The van der Waals surface area contributed by atoms with Gasteiger partial charge < -0.3 is 50.5 Å². The lowest BCUT2D eigenvalue weighted by Crippen LogP contribution is -2.60. The van der Waals surface area contributed by atoms with Gasteiger partial charge in [-0.2, -0.15) is 0 Å². The Balaban J connectivity index is 2.44. The Morgan fingerprint density at radius 2 is 1.14 bits per heavy atom. The molecule has 1 saturated heterocycles. The van der Waals surface area contributed by atoms with Crippen molar-refractivity contribution in [1.82, 2.24) is 5.32 Å². The molecule has 1 aliphatic rings. The van der Waals surface area contributed by atoms with E-state index in [1.165, 1.54) is 109 Å². The van der Waals surface area contributed by atoms with E-state index in [2.05, 4.69) is 38.2 Å². The van der Waals surface area contributed by atoms with Crippen LogP contribution >= 0.6 is 0 Å². The number of hydrogen-bond donors (Lipinski definition) is 8. The van der Waals surface area contributed by atoms with Crippen molar-refractivity contribution in [3.63, 3.8) is 0 Å². The molecule has 1 rings (SSSR count). The zero-order chi connectivity index (χ0) is 41.4. The molecule has 0 aromatic rings. The zero-order valence-corrected chi connectivity index (χ0v) is 35.8. The highest BCUT2D eigenvalue weighted by Crippen LogP contribution is 2.23. The third-order valence-electron chi connectivity index (χ3n) is 11.6. The van der Waals surface area contributed by atoms with Crippen molar-refractivity contribution in [2.75, 3.05) is 13.2 Å². The number of carbonyl (C=O) groups is 1. The third kappa shape index (κ3) is 24.7. The van der Waals surface area contributed by atoms with E-state index in [9.17, 15) is 40.5 Å². The van der Waals surface area contributed by atoms with Gasteiger partial charge in [0.2, 0.25) is 5.91 Å². The molecule has 11 nitrogen and oxygen atoms in total. The number of nitrogens with one attached hydrogen (secondary N) is 1. The number of carbonyl (C=O) groups excluding carboxylic acids is 1. The predicted octanol–water partition coefficient (Wildman–Crippen LogP) is 7.14. The minimum atomic E-state index is -1.66. The molecule has 8 N–H and O–H groups in total. The molecule has 1 amide bonds. The zero-order valence-electron chi connectivity index (χ0n) is 35.8. The molecule has 0 radical (unpaired) electrons. The van der Waals surface area contributed by atoms with E-state index < -0.39 is 74.2 Å². The molecule has 0 aliphatic carbocycles. The molecular formula is C45H87NO10. The number of unbranched alkanes of at least 4 members (excludes halogenated alkanes) is 20. The first-order chi connectivity index (χ1) is 27.1. The lowest BCUT2D eigenvalue weighted by atomic mass is 9.98. The fourth-order valence-corrected chi connectivity index (χ4v) is 7.35. The van der Waals surface area contributed by atoms with Gasteiger partial charge in [0.25, 0.3) is 0 Å². The second-order valence-corrected chi connectivity index (χ2v) is 16.7. The Kier molecular flexibility index (Phi) is 32.7. The summed E-state index contributed by atoms with van der Waals surface area (Å²) < 4.78 is 11.1. The summed E-state index contributed by atoms with van der Waals surface area (Å²) in [5.74, 6) is 0.0778. The second-order valence-electron chi connectivity index (χ2n) is 16.7. The Morgan fingerprint density at radius 3 is 1.66 bits per heavy atom. The highest BCUT2D eigenvalue weighted by atomic mass is 16.7. The Bertz CT molecular complexity index is 939. The van der Waals surface area contributed by atoms with Crippen LogP contribution in [0.3, 0.4) is 0 Å². The number of ether oxygens (including phenoxy) is 2. The Hall–Kier alpha value is -1.15. The molecule has 10 unspecified atom stereocenters. The summed E-state index contributed by atoms with van der Waals surface area (Å²) in [5, 5.41) is 75.6. The van der Waals surface area contributed by atoms with Crippen molar-refractivity contribution in [2.24, 2.45) is 5.92 Å². The third-order valence-corrected chi connectivity index (χ3v) is 11.6. The largest absolute Gasteiger partial charge is 0.394 e. The highest BCUT2D eigenvalue weighted by Gasteiger charge is 2.44. The van der Waals surface area contributed by atoms with Crippen LogP contribution in [-0.2, 0) is 14.3 Å². The van der Waals surface area contributed by atoms with Gasteiger partial charge >= 0.3 is 0 Å². The molecule has 10 atom stereocenters. The van der Waals surface area contributed by atoms with E-state index in [1.54, 1.807) is 0 Å². The van der Waals surface area contributed by atoms with Crippen molar-refractivity contribution >= 4 is 5.91 Å². The van der Waals surface area contributed by atoms with Crippen LogP contribution in [0.2, 0.25) is 0 Å². The van der Waals surface area contributed by atoms with E-state index in [4.69, 9.17) is 9.47 Å². The number of aliphatic hydroxyl groups excluding tert-OH is 7. The quantitative estimate of drug-likeness (QED) is 0.0237. The van der Waals surface area contributed by atoms with Crippen LogP contribution in [0.4, 0.5) is 0 Å². The topological polar surface area (TPSA) is 189 Å². The first kappa shape index (κ1) is 52.9. The van der Waals surface area contributed by atoms with Crippen molar-refractivity contribution in [3.05, 3.63) is 12.2 Å². The average molecular weight is 802 g/mol. The summed E-state index contributed by atoms with van der Waals surface area (Å²) >= 11 is 0. The minimum Gasteiger partial charge on any atom is -0.394 e. The van der Waals surface area contributed by atoms with Crippen LogP contribution in [-0.4, -0.2) is 110 Å². The van der Waals surface area contributed by atoms with Crippen LogP contribution < -0.4 is 5.32 Å². The van der Waals surface area contributed by atoms with E-state index in [0.29, 0.717) is 19.3 Å². The molecule has 56 heavy (non-hydrogen) atoms. The number of hydrogen-bond acceptors (Lipinski definition) is 10. The SMILES string of the molecule is CCCCCCC=CCCCCCCCCCCCCC(O)C(=O)NC(COC1OC(CO)C(O)C(O)C1O)C(O)C(O)CCCCCCCCCC(C)CC. The Labute approximate surface area is 341 Å². The first-order valence-electron chi connectivity index (χ1n) is 23.0. The summed E-state index contributed by atoms with van der Waals surface area (Å²) in [5.41, 5.74) is 0. The number of aliphatic hydroxyl groups is 7. The van der Waals surface area contributed by atoms with Gasteiger partial charge in [0, 0.05) is 0 Å². The fourth-order valence-electron chi connectivity index (χ4n) is 7.35. The second kappa shape index (κ2) is 34.7. The molecule has 0 bridgehead atoms. The fraction of sp³-hybridized carbons (Fsp3) is 0.933. The van der Waals surface area contributed by atoms with Crippen LogP contribution in [0.5, 0.6) is 0 Å². The Morgan fingerprint density at radius 1 is 0.661 bits per heavy atom. The summed E-state index contributed by atoms with van der Waals surface area (Å²) in [6.07, 6.45) is 22.7. The average Bonchev–Trinajstić information content (AvgIpc) is 3.20. The predicted molar refractivity (Wildman–Crippen MR) is 224 cm³/mol. The van der Waals surface area contributed by atoms with E-state index in [-0.39, 0.29) is 6.42 Å². The number of amides is 1. The summed E-state index contributed by atoms with van der Waals surface area (Å²) in [6.45, 7) is 5.71. The van der Waals surface area contributed by atoms with Gasteiger partial charge in [-0.1, -0.05) is 168 Å². The van der Waals surface area contributed by atoms with Gasteiger partial charge in [-0.3, -0.25) is 4.79 Å². The summed E-state index contributed by atoms with van der Waals surface area (Å²) in [7, 11) is 0. The van der Waals surface area contributed by atoms with E-state index in [1.807, 2.05) is 0 Å². The maximum absolute atomic E-state index is 13.1. The summed E-state index contributed by atoms with van der Waals surface area (Å²) in [4.78, 5) is 13.1. The molecule has 0 saturated carbocycles. The van der Waals surface area contributed by atoms with Gasteiger partial charge in [-0.05, 0) is 44.4 Å². The molecule has 0 aromatic heterocycles. The van der Waals surface area contributed by atoms with Crippen molar-refractivity contribution < 1.29 is 50.0 Å². The highest BCUT2D eigenvalue weighted by molar-refractivity contribution is 5.80. The van der Waals surface area contributed by atoms with Crippen molar-refractivity contribution in [1.29, 1.82) is 0 Å². The molecule has 0 spiro atoms. The molecule has 1 heterocycles. The maximum atomic E-state index is 13.1. The monoisotopic (exact) mass is 802 g/mol. The van der Waals surface area contributed by atoms with Gasteiger partial charge in [-0.15, -0.1) is 0 Å². The molecule has 11 heteroatoms. The molecule has 0 aromatic carbocycles. The molecule has 332 valence electrons. The van der Waals surface area contributed by atoms with Gasteiger partial charge in [0.05, 0.1) is 25.4 Å². The standard InChI is InChI=1S/C45H87NO10/c1-4-6-7-8-9-10-11-12-13-14-15-16-17-18-19-22-26-29-32-38(49)44(54)46-36(34-55-45-43(53)42(52)41(51)39(33-47)56-45)40(50)37(48)31-28-25-23-20-21-24-27-30-35(3)5-2/h10-11,35-43,45,47-53H,4-9,12-34H2,1-3H3,(H,46,54). The van der Waals surface area contributed by atoms with Gasteiger partial charge in [-0.25, -0.2) is 0 Å². The van der Waals surface area contributed by atoms with Gasteiger partial charge in [0.1, 0.15) is 36.6 Å². The van der Waals surface area contributed by atoms with Crippen molar-refractivity contribution in [2.45, 2.75) is 249 Å². The number of allylic oxidation sites excluding steroid dienone is 2. The minimum absolute atomic E-state index is 0.260. The molecule has 1 aliphatic heterocycles. The smallest absolute Gasteiger partial charge is 0.249 e. The normalized spacial score (nSPS) is 22.9. The number of rotatable bonds is 37. The lowest BCUT2D eigenvalue weighted by molar-refractivity contribution is -0.303. The van der Waals surface area contributed by atoms with Crippen LogP contribution in [0.25, 0.3) is 0 Å². The molecular weight excluding hydrogens is 714 g/mol. The van der Waals surface area contributed by atoms with E-state index in [0.717, 1.165) is 44.4 Å². The maximum Gasteiger partial charge on any atom is 0.249 e. The van der Waals surface area contributed by atoms with Crippen molar-refractivity contribution in [3.8, 4) is 0 Å². The van der Waals surface area contributed by atoms with Crippen LogP contribution in [0, 0.1) is 5.92 Å². The first-order valence-corrected chi connectivity index (χ1v) is 23.0. The molecule has 1 fully saturated rings. The lowest BCUT2D eigenvalue weighted by Gasteiger charge is -2.40. The van der Waals surface area contributed by atoms with Crippen LogP contribution in [0.1, 0.15) is 194 Å². The summed E-state index contributed by atoms with van der Waals surface area (Å²) in [6, 6.07) is -1.16. The van der Waals surface area contributed by atoms with Gasteiger partial charge in [0.15, 0.2) is 6.29 Å². The van der Waals surface area contributed by atoms with Crippen LogP contribution in [0.15, 0.2) is 12.2 Å². The van der Waals surface area contributed by atoms with E-state index >= 15 is 0 Å².